The molecule has 0 saturated carbocycles. The average molecular weight is 332 g/mol. The minimum Gasteiger partial charge on any atom is -0.507 e. The SMILES string of the molecule is C=C(O)c1cc2nccc(Oc3ccc([N+](=O)[O-])cc3F)c2s1. The summed E-state index contributed by atoms with van der Waals surface area (Å²) in [6.45, 7) is 3.45. The highest BCUT2D eigenvalue weighted by molar-refractivity contribution is 7.20. The van der Waals surface area contributed by atoms with Crippen molar-refractivity contribution in [2.24, 2.45) is 0 Å². The maximum absolute atomic E-state index is 13.9. The molecule has 1 N–H and O–H groups in total. The fourth-order valence-electron chi connectivity index (χ4n) is 1.94. The fourth-order valence-corrected chi connectivity index (χ4v) is 2.88. The molecule has 0 fully saturated rings. The minimum atomic E-state index is -0.840. The molecule has 116 valence electrons. The lowest BCUT2D eigenvalue weighted by atomic mass is 10.3. The van der Waals surface area contributed by atoms with Gasteiger partial charge in [-0.2, -0.15) is 0 Å². The van der Waals surface area contributed by atoms with Crippen LogP contribution in [0.5, 0.6) is 11.5 Å². The summed E-state index contributed by atoms with van der Waals surface area (Å²) in [5.74, 6) is -0.742. The lowest BCUT2D eigenvalue weighted by Crippen LogP contribution is -1.92. The summed E-state index contributed by atoms with van der Waals surface area (Å²) in [6.07, 6.45) is 1.48. The summed E-state index contributed by atoms with van der Waals surface area (Å²) in [5, 5.41) is 20.1. The van der Waals surface area contributed by atoms with Gasteiger partial charge >= 0.3 is 0 Å². The van der Waals surface area contributed by atoms with Crippen LogP contribution in [0.1, 0.15) is 4.88 Å². The van der Waals surface area contributed by atoms with Crippen molar-refractivity contribution in [3.8, 4) is 11.5 Å². The second-order valence-corrected chi connectivity index (χ2v) is 5.61. The molecular formula is C15H9FN2O4S. The van der Waals surface area contributed by atoms with E-state index in [0.29, 0.717) is 20.8 Å². The van der Waals surface area contributed by atoms with E-state index in [9.17, 15) is 19.6 Å². The Kier molecular flexibility index (Phi) is 3.67. The summed E-state index contributed by atoms with van der Waals surface area (Å²) in [7, 11) is 0. The number of ether oxygens (including phenoxy) is 1. The number of aliphatic hydroxyl groups is 1. The van der Waals surface area contributed by atoms with Gasteiger partial charge in [-0.05, 0) is 12.1 Å². The number of hydrogen-bond acceptors (Lipinski definition) is 6. The molecule has 0 spiro atoms. The molecule has 3 aromatic rings. The number of thiophene rings is 1. The third-order valence-corrected chi connectivity index (χ3v) is 4.19. The van der Waals surface area contributed by atoms with Gasteiger partial charge in [0.05, 0.1) is 26.1 Å². The Morgan fingerprint density at radius 1 is 1.35 bits per heavy atom. The molecular weight excluding hydrogens is 323 g/mol. The van der Waals surface area contributed by atoms with Crippen LogP contribution in [0.3, 0.4) is 0 Å². The van der Waals surface area contributed by atoms with Gasteiger partial charge in [-0.1, -0.05) is 6.58 Å². The van der Waals surface area contributed by atoms with Gasteiger partial charge in [0.2, 0.25) is 0 Å². The number of nitrogens with zero attached hydrogens (tertiary/aromatic N) is 2. The van der Waals surface area contributed by atoms with Crippen LogP contribution in [0.25, 0.3) is 16.0 Å². The van der Waals surface area contributed by atoms with E-state index < -0.39 is 10.7 Å². The number of benzene rings is 1. The zero-order valence-electron chi connectivity index (χ0n) is 11.5. The maximum Gasteiger partial charge on any atom is 0.272 e. The van der Waals surface area contributed by atoms with Crippen molar-refractivity contribution in [3.05, 3.63) is 63.9 Å². The van der Waals surface area contributed by atoms with E-state index in [0.717, 1.165) is 12.1 Å². The molecule has 0 saturated heterocycles. The van der Waals surface area contributed by atoms with Crippen LogP contribution in [0, 0.1) is 15.9 Å². The van der Waals surface area contributed by atoms with Crippen molar-refractivity contribution in [1.29, 1.82) is 0 Å². The Labute approximate surface area is 133 Å². The Morgan fingerprint density at radius 2 is 2.13 bits per heavy atom. The molecule has 0 unspecified atom stereocenters. The first-order valence-corrected chi connectivity index (χ1v) is 7.16. The molecule has 1 aromatic carbocycles. The van der Waals surface area contributed by atoms with Gasteiger partial charge < -0.3 is 9.84 Å². The monoisotopic (exact) mass is 332 g/mol. The van der Waals surface area contributed by atoms with Crippen LogP contribution >= 0.6 is 11.3 Å². The number of aliphatic hydroxyl groups excluding tert-OH is 1. The molecule has 0 radical (unpaired) electrons. The molecule has 2 aromatic heterocycles. The smallest absolute Gasteiger partial charge is 0.272 e. The summed E-state index contributed by atoms with van der Waals surface area (Å²) < 4.78 is 20.1. The van der Waals surface area contributed by atoms with Gasteiger partial charge in [0.25, 0.3) is 5.69 Å². The number of hydrogen-bond donors (Lipinski definition) is 1. The largest absolute Gasteiger partial charge is 0.507 e. The van der Waals surface area contributed by atoms with Crippen LogP contribution in [-0.4, -0.2) is 15.0 Å². The minimum absolute atomic E-state index is 0.0968. The van der Waals surface area contributed by atoms with Crippen molar-refractivity contribution in [1.82, 2.24) is 4.98 Å². The van der Waals surface area contributed by atoms with Crippen molar-refractivity contribution < 1.29 is 19.2 Å². The summed E-state index contributed by atoms with van der Waals surface area (Å²) in [5.41, 5.74) is 0.213. The van der Waals surface area contributed by atoms with E-state index in [4.69, 9.17) is 4.74 Å². The molecule has 0 aliphatic carbocycles. The lowest BCUT2D eigenvalue weighted by Gasteiger charge is -2.07. The van der Waals surface area contributed by atoms with Gasteiger partial charge in [-0.15, -0.1) is 11.3 Å². The first kappa shape index (κ1) is 14.9. The van der Waals surface area contributed by atoms with Crippen LogP contribution < -0.4 is 4.74 Å². The maximum atomic E-state index is 13.9. The van der Waals surface area contributed by atoms with Gasteiger partial charge in [0.1, 0.15) is 11.5 Å². The van der Waals surface area contributed by atoms with E-state index >= 15 is 0 Å². The second-order valence-electron chi connectivity index (χ2n) is 4.55. The van der Waals surface area contributed by atoms with Crippen molar-refractivity contribution in [2.75, 3.05) is 0 Å². The molecule has 0 aliphatic rings. The highest BCUT2D eigenvalue weighted by Gasteiger charge is 2.15. The molecule has 3 rings (SSSR count). The quantitative estimate of drug-likeness (QED) is 0.426. The number of rotatable bonds is 4. The van der Waals surface area contributed by atoms with E-state index in [-0.39, 0.29) is 17.2 Å². The Bertz CT molecular complexity index is 938. The van der Waals surface area contributed by atoms with Crippen molar-refractivity contribution >= 4 is 33.0 Å². The number of nitro benzene ring substituents is 1. The highest BCUT2D eigenvalue weighted by atomic mass is 32.1. The van der Waals surface area contributed by atoms with E-state index in [1.165, 1.54) is 23.6 Å². The zero-order valence-corrected chi connectivity index (χ0v) is 12.3. The molecule has 6 nitrogen and oxygen atoms in total. The number of pyridine rings is 1. The average Bonchev–Trinajstić information content (AvgIpc) is 2.94. The van der Waals surface area contributed by atoms with Crippen molar-refractivity contribution in [2.45, 2.75) is 0 Å². The van der Waals surface area contributed by atoms with Gasteiger partial charge in [-0.25, -0.2) is 4.39 Å². The number of fused-ring (bicyclic) bond motifs is 1. The molecule has 0 aliphatic heterocycles. The summed E-state index contributed by atoms with van der Waals surface area (Å²) in [4.78, 5) is 14.6. The molecule has 0 bridgehead atoms. The van der Waals surface area contributed by atoms with Gasteiger partial charge in [0, 0.05) is 18.3 Å². The number of aromatic nitrogens is 1. The van der Waals surface area contributed by atoms with Crippen LogP contribution in [-0.2, 0) is 0 Å². The van der Waals surface area contributed by atoms with E-state index in [1.807, 2.05) is 0 Å². The Balaban J connectivity index is 2.01. The Morgan fingerprint density at radius 3 is 2.78 bits per heavy atom. The number of halogens is 1. The third kappa shape index (κ3) is 2.84. The number of non-ortho nitro benzene ring substituents is 1. The van der Waals surface area contributed by atoms with E-state index in [1.54, 1.807) is 12.1 Å². The first-order valence-electron chi connectivity index (χ1n) is 6.34. The molecule has 2 heterocycles. The Hall–Kier alpha value is -3.00. The van der Waals surface area contributed by atoms with Crippen LogP contribution in [0.4, 0.5) is 10.1 Å². The summed E-state index contributed by atoms with van der Waals surface area (Å²) >= 11 is 1.20. The lowest BCUT2D eigenvalue weighted by molar-refractivity contribution is -0.385. The molecule has 8 heteroatoms. The second kappa shape index (κ2) is 5.65. The topological polar surface area (TPSA) is 85.5 Å². The first-order chi connectivity index (χ1) is 11.0. The summed E-state index contributed by atoms with van der Waals surface area (Å²) in [6, 6.07) is 6.33. The molecule has 0 amide bonds. The molecule has 0 atom stereocenters. The van der Waals surface area contributed by atoms with E-state index in [2.05, 4.69) is 11.6 Å². The third-order valence-electron chi connectivity index (χ3n) is 3.01. The normalized spacial score (nSPS) is 10.7. The molecule has 23 heavy (non-hydrogen) atoms. The highest BCUT2D eigenvalue weighted by Crippen LogP contribution is 2.37. The van der Waals surface area contributed by atoms with Gasteiger partial charge in [0.15, 0.2) is 11.6 Å². The zero-order chi connectivity index (χ0) is 16.6. The van der Waals surface area contributed by atoms with Crippen LogP contribution in [0.2, 0.25) is 0 Å². The van der Waals surface area contributed by atoms with Crippen molar-refractivity contribution in [3.63, 3.8) is 0 Å². The predicted molar refractivity (Wildman–Crippen MR) is 84.4 cm³/mol. The predicted octanol–water partition coefficient (Wildman–Crippen LogP) is 4.66. The number of nitro groups is 1. The standard InChI is InChI=1S/C15H9FN2O4S/c1-8(19)14-7-11-15(23-14)13(4-5-17-11)22-12-3-2-9(18(20)21)6-10(12)16/h2-7,19H,1H2. The van der Waals surface area contributed by atoms with Gasteiger partial charge in [-0.3, -0.25) is 15.1 Å². The van der Waals surface area contributed by atoms with Crippen LogP contribution in [0.15, 0.2) is 43.1 Å². The fraction of sp³-hybridized carbons (Fsp3) is 0.